The number of carboxylic acids is 1. The molecule has 0 aromatic heterocycles. The van der Waals surface area contributed by atoms with Crippen molar-refractivity contribution in [2.45, 2.75) is 6.04 Å². The first-order valence-electron chi connectivity index (χ1n) is 4.47. The molecule has 0 spiro atoms. The van der Waals surface area contributed by atoms with E-state index in [2.05, 4.69) is 10.3 Å². The molecular formula is C6H16N4O6P+. The molecule has 0 heterocycles. The van der Waals surface area contributed by atoms with Crippen LogP contribution in [0.4, 0.5) is 0 Å². The van der Waals surface area contributed by atoms with Crippen molar-refractivity contribution < 1.29 is 30.8 Å². The lowest BCUT2D eigenvalue weighted by Gasteiger charge is -2.10. The highest BCUT2D eigenvalue weighted by Gasteiger charge is 2.15. The Hall–Kier alpha value is -1.19. The summed E-state index contributed by atoms with van der Waals surface area (Å²) in [5.74, 6) is -1.66. The molecule has 0 saturated heterocycles. The monoisotopic (exact) mass is 271 g/mol. The Kier molecular flexibility index (Phi) is 6.69. The summed E-state index contributed by atoms with van der Waals surface area (Å²) in [4.78, 5) is 30.9. The number of carbonyl (C=O) groups is 1. The molecule has 0 aromatic carbocycles. The summed E-state index contributed by atoms with van der Waals surface area (Å²) < 4.78 is 10.4. The molecule has 0 unspecified atom stereocenters. The number of nitrogens with one attached hydrogen (secondary N) is 2. The van der Waals surface area contributed by atoms with Crippen molar-refractivity contribution in [2.24, 2.45) is 10.7 Å². The largest absolute Gasteiger partial charge is 1.00 e. The van der Waals surface area contributed by atoms with E-state index in [1.165, 1.54) is 0 Å². The lowest BCUT2D eigenvalue weighted by atomic mass is 10.3. The minimum absolute atomic E-state index is 0. The first-order chi connectivity index (χ1) is 7.76. The predicted octanol–water partition coefficient (Wildman–Crippen LogP) is -2.87. The van der Waals surface area contributed by atoms with E-state index in [1.807, 2.05) is 0 Å². The van der Waals surface area contributed by atoms with Crippen LogP contribution in [-0.4, -0.2) is 57.7 Å². The molecule has 0 radical (unpaired) electrons. The van der Waals surface area contributed by atoms with E-state index in [-0.39, 0.29) is 14.5 Å². The molecule has 0 aliphatic rings. The SMILES string of the molecule is NC(=NCCN[C@@H](CO)C(=O)O)NP(=O)(O)O.[H+]. The standard InChI is InChI=1S/C6H15N4O6P/c7-6(10-17(14,15)16)9-2-1-8-4(3-11)5(12)13/h4,8,11H,1-3H2,(H,12,13)(H5,7,9,10,14,15,16)/p+1/t4-/m0/s1. The summed E-state index contributed by atoms with van der Waals surface area (Å²) in [5, 5.41) is 21.3. The van der Waals surface area contributed by atoms with Crippen LogP contribution in [0.2, 0.25) is 0 Å². The molecule has 0 fully saturated rings. The minimum atomic E-state index is -4.47. The number of aliphatic hydroxyl groups is 1. The number of aliphatic imine (C=N–C) groups is 1. The molecular weight excluding hydrogens is 255 g/mol. The summed E-state index contributed by atoms with van der Waals surface area (Å²) in [5.41, 5.74) is 5.12. The highest BCUT2D eigenvalue weighted by molar-refractivity contribution is 7.50. The van der Waals surface area contributed by atoms with Crippen LogP contribution in [0.25, 0.3) is 0 Å². The zero-order valence-corrected chi connectivity index (χ0v) is 9.67. The van der Waals surface area contributed by atoms with E-state index in [9.17, 15) is 9.36 Å². The number of rotatable bonds is 7. The van der Waals surface area contributed by atoms with Gasteiger partial charge in [0, 0.05) is 6.54 Å². The van der Waals surface area contributed by atoms with E-state index in [0.29, 0.717) is 0 Å². The van der Waals surface area contributed by atoms with Crippen LogP contribution in [0, 0.1) is 0 Å². The van der Waals surface area contributed by atoms with Crippen LogP contribution in [0.5, 0.6) is 0 Å². The molecule has 0 amide bonds. The number of carboxylic acid groups (broad SMARTS) is 1. The Bertz CT molecular complexity index is 334. The lowest BCUT2D eigenvalue weighted by Crippen LogP contribution is -2.41. The Morgan fingerprint density at radius 2 is 2.12 bits per heavy atom. The highest BCUT2D eigenvalue weighted by Crippen LogP contribution is 2.27. The van der Waals surface area contributed by atoms with Crippen molar-refractivity contribution in [3.05, 3.63) is 0 Å². The fourth-order valence-electron chi connectivity index (χ4n) is 0.830. The Morgan fingerprint density at radius 3 is 2.53 bits per heavy atom. The van der Waals surface area contributed by atoms with Gasteiger partial charge in [0.05, 0.1) is 13.2 Å². The maximum atomic E-state index is 10.4. The number of hydrogen-bond donors (Lipinski definition) is 7. The quantitative estimate of drug-likeness (QED) is 0.111. The fourth-order valence-corrected chi connectivity index (χ4v) is 1.20. The normalized spacial score (nSPS) is 14.4. The topological polar surface area (TPSA) is 178 Å². The van der Waals surface area contributed by atoms with Gasteiger partial charge < -0.3 is 31.1 Å². The number of guanidine groups is 1. The summed E-state index contributed by atoms with van der Waals surface area (Å²) in [6, 6.07) is -1.11. The van der Waals surface area contributed by atoms with Crippen LogP contribution >= 0.6 is 7.75 Å². The molecule has 17 heavy (non-hydrogen) atoms. The van der Waals surface area contributed by atoms with Crippen LogP contribution in [0.3, 0.4) is 0 Å². The Balaban J connectivity index is 0. The third-order valence-electron chi connectivity index (χ3n) is 1.53. The summed E-state index contributed by atoms with van der Waals surface area (Å²) in [6.45, 7) is -0.487. The van der Waals surface area contributed by atoms with Gasteiger partial charge in [-0.15, -0.1) is 0 Å². The number of nitrogens with two attached hydrogens (primary N) is 1. The van der Waals surface area contributed by atoms with Crippen LogP contribution in [0.15, 0.2) is 4.99 Å². The number of aliphatic carboxylic acids is 1. The van der Waals surface area contributed by atoms with Gasteiger partial charge >= 0.3 is 15.1 Å². The molecule has 10 nitrogen and oxygen atoms in total. The summed E-state index contributed by atoms with van der Waals surface area (Å²) in [7, 11) is -4.47. The van der Waals surface area contributed by atoms with Gasteiger partial charge in [0.1, 0.15) is 6.04 Å². The van der Waals surface area contributed by atoms with Crippen molar-refractivity contribution in [2.75, 3.05) is 19.7 Å². The first kappa shape index (κ1) is 15.8. The lowest BCUT2D eigenvalue weighted by molar-refractivity contribution is -0.140. The van der Waals surface area contributed by atoms with Crippen molar-refractivity contribution in [1.82, 2.24) is 10.4 Å². The second-order valence-electron chi connectivity index (χ2n) is 2.95. The van der Waals surface area contributed by atoms with E-state index < -0.39 is 32.3 Å². The second-order valence-corrected chi connectivity index (χ2v) is 4.26. The van der Waals surface area contributed by atoms with E-state index in [1.54, 1.807) is 5.09 Å². The second kappa shape index (κ2) is 7.20. The molecule has 11 heteroatoms. The van der Waals surface area contributed by atoms with Crippen molar-refractivity contribution >= 4 is 19.7 Å². The van der Waals surface area contributed by atoms with Gasteiger partial charge in [-0.2, -0.15) is 0 Å². The van der Waals surface area contributed by atoms with Gasteiger partial charge in [-0.25, -0.2) is 4.57 Å². The number of aliphatic hydroxyl groups excluding tert-OH is 1. The van der Waals surface area contributed by atoms with Gasteiger partial charge in [-0.1, -0.05) is 0 Å². The highest BCUT2D eigenvalue weighted by atomic mass is 31.2. The zero-order chi connectivity index (χ0) is 13.5. The molecule has 0 aromatic rings. The first-order valence-corrected chi connectivity index (χ1v) is 6.08. The third-order valence-corrected chi connectivity index (χ3v) is 2.05. The van der Waals surface area contributed by atoms with E-state index >= 15 is 0 Å². The molecule has 100 valence electrons. The number of nitrogens with zero attached hydrogens (tertiary/aromatic N) is 1. The van der Waals surface area contributed by atoms with E-state index in [0.717, 1.165) is 0 Å². The van der Waals surface area contributed by atoms with E-state index in [4.69, 9.17) is 25.7 Å². The average Bonchev–Trinajstić information content (AvgIpc) is 2.14. The van der Waals surface area contributed by atoms with Crippen molar-refractivity contribution in [3.8, 4) is 0 Å². The van der Waals surface area contributed by atoms with Gasteiger partial charge in [0.2, 0.25) is 0 Å². The molecule has 0 bridgehead atoms. The van der Waals surface area contributed by atoms with Crippen molar-refractivity contribution in [1.29, 1.82) is 0 Å². The Labute approximate surface area is 98.2 Å². The van der Waals surface area contributed by atoms with Gasteiger partial charge in [0.25, 0.3) is 0 Å². The molecule has 0 aliphatic carbocycles. The maximum Gasteiger partial charge on any atom is 1.00 e. The number of hydrogen-bond acceptors (Lipinski definition) is 5. The minimum Gasteiger partial charge on any atom is -0.480 e. The van der Waals surface area contributed by atoms with Gasteiger partial charge in [-0.3, -0.25) is 14.9 Å². The molecule has 0 aliphatic heterocycles. The van der Waals surface area contributed by atoms with Crippen molar-refractivity contribution in [3.63, 3.8) is 0 Å². The maximum absolute atomic E-state index is 10.4. The smallest absolute Gasteiger partial charge is 0.480 e. The summed E-state index contributed by atoms with van der Waals surface area (Å²) >= 11 is 0. The molecule has 0 rings (SSSR count). The third kappa shape index (κ3) is 8.60. The van der Waals surface area contributed by atoms with Crippen LogP contribution < -0.4 is 16.1 Å². The molecule has 8 N–H and O–H groups in total. The molecule has 0 saturated carbocycles. The fraction of sp³-hybridized carbons (Fsp3) is 0.667. The Morgan fingerprint density at radius 1 is 1.53 bits per heavy atom. The zero-order valence-electron chi connectivity index (χ0n) is 9.78. The molecule has 1 atom stereocenters. The van der Waals surface area contributed by atoms with Gasteiger partial charge in [-0.05, 0) is 0 Å². The van der Waals surface area contributed by atoms with Crippen LogP contribution in [-0.2, 0) is 9.36 Å². The predicted molar refractivity (Wildman–Crippen MR) is 59.3 cm³/mol. The van der Waals surface area contributed by atoms with Crippen LogP contribution in [0.1, 0.15) is 1.43 Å². The summed E-state index contributed by atoms with van der Waals surface area (Å²) in [6.07, 6.45) is 0. The average molecular weight is 271 g/mol. The van der Waals surface area contributed by atoms with Gasteiger partial charge in [0.15, 0.2) is 5.96 Å².